The number of hydrogen-bond acceptors (Lipinski definition) is 3. The molecular weight excluding hydrogens is 230 g/mol. The number of nitrogens with zero attached hydrogens (tertiary/aromatic N) is 3. The second-order valence-corrected chi connectivity index (χ2v) is 4.88. The first kappa shape index (κ1) is 13.1. The zero-order chi connectivity index (χ0) is 13.0. The molecule has 1 amide bonds. The molecule has 0 bridgehead atoms. The average Bonchev–Trinajstić information content (AvgIpc) is 2.76. The number of ether oxygens (including phenoxy) is 1. The molecule has 1 fully saturated rings. The number of rotatable bonds is 4. The molecule has 0 aromatic carbocycles. The second kappa shape index (κ2) is 6.00. The van der Waals surface area contributed by atoms with E-state index in [1.165, 1.54) is 0 Å². The first-order chi connectivity index (χ1) is 8.70. The first-order valence-corrected chi connectivity index (χ1v) is 6.45. The Balaban J connectivity index is 1.80. The summed E-state index contributed by atoms with van der Waals surface area (Å²) in [6.07, 6.45) is 5.99. The Morgan fingerprint density at radius 3 is 2.78 bits per heavy atom. The SMILES string of the molecule is COCC(=O)N1CCC(Cn2ccnc2C)CC1. The normalized spacial score (nSPS) is 17.1. The highest BCUT2D eigenvalue weighted by molar-refractivity contribution is 5.77. The predicted octanol–water partition coefficient (Wildman–Crippen LogP) is 1.08. The van der Waals surface area contributed by atoms with Crippen LogP contribution in [0, 0.1) is 12.8 Å². The fourth-order valence-electron chi connectivity index (χ4n) is 2.45. The summed E-state index contributed by atoms with van der Waals surface area (Å²) in [5, 5.41) is 0. The fourth-order valence-corrected chi connectivity index (χ4v) is 2.45. The number of aryl methyl sites for hydroxylation is 1. The molecule has 5 nitrogen and oxygen atoms in total. The number of carbonyl (C=O) groups excluding carboxylic acids is 1. The largest absolute Gasteiger partial charge is 0.375 e. The van der Waals surface area contributed by atoms with Crippen LogP contribution in [0.5, 0.6) is 0 Å². The molecule has 18 heavy (non-hydrogen) atoms. The molecule has 1 aromatic heterocycles. The summed E-state index contributed by atoms with van der Waals surface area (Å²) in [5.74, 6) is 1.81. The van der Waals surface area contributed by atoms with Crippen molar-refractivity contribution in [1.29, 1.82) is 0 Å². The van der Waals surface area contributed by atoms with Crippen molar-refractivity contribution in [3.8, 4) is 0 Å². The number of aromatic nitrogens is 2. The van der Waals surface area contributed by atoms with E-state index >= 15 is 0 Å². The minimum absolute atomic E-state index is 0.106. The van der Waals surface area contributed by atoms with Gasteiger partial charge in [-0.1, -0.05) is 0 Å². The smallest absolute Gasteiger partial charge is 0.248 e. The molecule has 0 spiro atoms. The highest BCUT2D eigenvalue weighted by Crippen LogP contribution is 2.19. The summed E-state index contributed by atoms with van der Waals surface area (Å²) in [4.78, 5) is 17.8. The van der Waals surface area contributed by atoms with Crippen LogP contribution in [0.2, 0.25) is 0 Å². The van der Waals surface area contributed by atoms with Crippen molar-refractivity contribution >= 4 is 5.91 Å². The Morgan fingerprint density at radius 1 is 1.50 bits per heavy atom. The van der Waals surface area contributed by atoms with Gasteiger partial charge in [0.25, 0.3) is 0 Å². The number of carbonyl (C=O) groups is 1. The maximum atomic E-state index is 11.7. The Bertz CT molecular complexity index is 395. The van der Waals surface area contributed by atoms with E-state index in [9.17, 15) is 4.79 Å². The second-order valence-electron chi connectivity index (χ2n) is 4.88. The molecular formula is C13H21N3O2. The Hall–Kier alpha value is -1.36. The number of piperidine rings is 1. The monoisotopic (exact) mass is 251 g/mol. The van der Waals surface area contributed by atoms with Gasteiger partial charge in [0.05, 0.1) is 0 Å². The minimum Gasteiger partial charge on any atom is -0.375 e. The maximum Gasteiger partial charge on any atom is 0.248 e. The quantitative estimate of drug-likeness (QED) is 0.804. The lowest BCUT2D eigenvalue weighted by Gasteiger charge is -2.32. The standard InChI is InChI=1S/C13H21N3O2/c1-11-14-5-8-16(11)9-12-3-6-15(7-4-12)13(17)10-18-2/h5,8,12H,3-4,6-7,9-10H2,1-2H3. The van der Waals surface area contributed by atoms with Crippen molar-refractivity contribution in [2.45, 2.75) is 26.3 Å². The van der Waals surface area contributed by atoms with E-state index in [1.807, 2.05) is 24.2 Å². The van der Waals surface area contributed by atoms with E-state index < -0.39 is 0 Å². The lowest BCUT2D eigenvalue weighted by Crippen LogP contribution is -2.41. The van der Waals surface area contributed by atoms with Crippen LogP contribution in [0.3, 0.4) is 0 Å². The summed E-state index contributed by atoms with van der Waals surface area (Å²) in [7, 11) is 1.56. The molecule has 0 N–H and O–H groups in total. The summed E-state index contributed by atoms with van der Waals surface area (Å²) >= 11 is 0. The highest BCUT2D eigenvalue weighted by atomic mass is 16.5. The Morgan fingerprint density at radius 2 is 2.22 bits per heavy atom. The molecule has 0 unspecified atom stereocenters. The van der Waals surface area contributed by atoms with Crippen molar-refractivity contribution in [3.63, 3.8) is 0 Å². The van der Waals surface area contributed by atoms with Crippen LogP contribution in [0.1, 0.15) is 18.7 Å². The third kappa shape index (κ3) is 3.10. The predicted molar refractivity (Wildman–Crippen MR) is 68.1 cm³/mol. The van der Waals surface area contributed by atoms with Crippen molar-refractivity contribution in [2.24, 2.45) is 5.92 Å². The van der Waals surface area contributed by atoms with Crippen LogP contribution in [0.15, 0.2) is 12.4 Å². The molecule has 1 aliphatic rings. The van der Waals surface area contributed by atoms with Gasteiger partial charge >= 0.3 is 0 Å². The van der Waals surface area contributed by atoms with E-state index in [4.69, 9.17) is 4.74 Å². The third-order valence-electron chi connectivity index (χ3n) is 3.61. The van der Waals surface area contributed by atoms with Crippen LogP contribution in [0.4, 0.5) is 0 Å². The lowest BCUT2D eigenvalue weighted by atomic mass is 9.96. The van der Waals surface area contributed by atoms with Gasteiger partial charge in [0, 0.05) is 39.1 Å². The Kier molecular flexibility index (Phi) is 4.36. The Labute approximate surface area is 108 Å². The summed E-state index contributed by atoms with van der Waals surface area (Å²) < 4.78 is 7.07. The van der Waals surface area contributed by atoms with E-state index in [1.54, 1.807) is 7.11 Å². The minimum atomic E-state index is 0.106. The molecule has 1 aliphatic heterocycles. The van der Waals surface area contributed by atoms with E-state index in [-0.39, 0.29) is 12.5 Å². The molecule has 5 heteroatoms. The lowest BCUT2D eigenvalue weighted by molar-refractivity contribution is -0.136. The van der Waals surface area contributed by atoms with Crippen molar-refractivity contribution in [3.05, 3.63) is 18.2 Å². The van der Waals surface area contributed by atoms with Gasteiger partial charge in [-0.3, -0.25) is 4.79 Å². The van der Waals surface area contributed by atoms with Crippen molar-refractivity contribution in [1.82, 2.24) is 14.5 Å². The highest BCUT2D eigenvalue weighted by Gasteiger charge is 2.22. The molecule has 0 atom stereocenters. The van der Waals surface area contributed by atoms with E-state index in [0.717, 1.165) is 38.3 Å². The van der Waals surface area contributed by atoms with Crippen LogP contribution < -0.4 is 0 Å². The summed E-state index contributed by atoms with van der Waals surface area (Å²) in [5.41, 5.74) is 0. The molecule has 0 saturated carbocycles. The van der Waals surface area contributed by atoms with E-state index in [0.29, 0.717) is 5.92 Å². The number of amides is 1. The van der Waals surface area contributed by atoms with Crippen molar-refractivity contribution in [2.75, 3.05) is 26.8 Å². The summed E-state index contributed by atoms with van der Waals surface area (Å²) in [6, 6.07) is 0. The zero-order valence-corrected chi connectivity index (χ0v) is 11.1. The molecule has 0 radical (unpaired) electrons. The number of likely N-dealkylation sites (tertiary alicyclic amines) is 1. The van der Waals surface area contributed by atoms with Gasteiger partial charge in [0.15, 0.2) is 0 Å². The third-order valence-corrected chi connectivity index (χ3v) is 3.61. The van der Waals surface area contributed by atoms with Gasteiger partial charge < -0.3 is 14.2 Å². The van der Waals surface area contributed by atoms with E-state index in [2.05, 4.69) is 9.55 Å². The molecule has 100 valence electrons. The number of hydrogen-bond donors (Lipinski definition) is 0. The average molecular weight is 251 g/mol. The topological polar surface area (TPSA) is 47.4 Å². The number of methoxy groups -OCH3 is 1. The van der Waals surface area contributed by atoms with Gasteiger partial charge in [-0.25, -0.2) is 4.98 Å². The first-order valence-electron chi connectivity index (χ1n) is 6.45. The molecule has 2 rings (SSSR count). The van der Waals surface area contributed by atoms with Crippen molar-refractivity contribution < 1.29 is 9.53 Å². The maximum absolute atomic E-state index is 11.7. The molecule has 1 saturated heterocycles. The van der Waals surface area contributed by atoms with Crippen LogP contribution in [-0.4, -0.2) is 47.2 Å². The van der Waals surface area contributed by atoms with Crippen LogP contribution in [0.25, 0.3) is 0 Å². The summed E-state index contributed by atoms with van der Waals surface area (Å²) in [6.45, 7) is 4.93. The van der Waals surface area contributed by atoms with Gasteiger partial charge in [0.1, 0.15) is 12.4 Å². The molecule has 2 heterocycles. The molecule has 0 aliphatic carbocycles. The zero-order valence-electron chi connectivity index (χ0n) is 11.1. The van der Waals surface area contributed by atoms with Crippen LogP contribution in [-0.2, 0) is 16.1 Å². The van der Waals surface area contributed by atoms with Crippen LogP contribution >= 0.6 is 0 Å². The molecule has 1 aromatic rings. The fraction of sp³-hybridized carbons (Fsp3) is 0.692. The number of imidazole rings is 1. The van der Waals surface area contributed by atoms with Gasteiger partial charge in [-0.15, -0.1) is 0 Å². The van der Waals surface area contributed by atoms with Gasteiger partial charge in [-0.05, 0) is 25.7 Å². The van der Waals surface area contributed by atoms with Gasteiger partial charge in [0.2, 0.25) is 5.91 Å². The van der Waals surface area contributed by atoms with Gasteiger partial charge in [-0.2, -0.15) is 0 Å².